The molecule has 1 aromatic carbocycles. The molecule has 6 nitrogen and oxygen atoms in total. The monoisotopic (exact) mass is 497 g/mol. The van der Waals surface area contributed by atoms with Crippen molar-refractivity contribution in [3.05, 3.63) is 105 Å². The van der Waals surface area contributed by atoms with Crippen molar-refractivity contribution in [1.29, 1.82) is 0 Å². The van der Waals surface area contributed by atoms with E-state index in [4.69, 9.17) is 16.3 Å². The molecule has 0 aliphatic carbocycles. The van der Waals surface area contributed by atoms with Crippen molar-refractivity contribution in [2.45, 2.75) is 33.0 Å². The van der Waals surface area contributed by atoms with Crippen LogP contribution in [0.4, 0.5) is 8.78 Å². The smallest absolute Gasteiger partial charge is 0.277 e. The maximum absolute atomic E-state index is 13.9. The minimum absolute atomic E-state index is 0.0854. The summed E-state index contributed by atoms with van der Waals surface area (Å²) >= 11 is 6.31. The molecular formula is C26H22ClF2N3O3. The normalized spacial score (nSPS) is 11.5. The van der Waals surface area contributed by atoms with E-state index in [0.717, 1.165) is 17.7 Å². The molecule has 3 heterocycles. The third kappa shape index (κ3) is 5.23. The van der Waals surface area contributed by atoms with Gasteiger partial charge in [0, 0.05) is 41.3 Å². The van der Waals surface area contributed by atoms with Crippen LogP contribution in [0.3, 0.4) is 0 Å². The predicted octanol–water partition coefficient (Wildman–Crippen LogP) is 5.34. The molecule has 0 saturated carbocycles. The first-order chi connectivity index (χ1) is 16.5. The van der Waals surface area contributed by atoms with Crippen LogP contribution < -0.4 is 10.3 Å². The van der Waals surface area contributed by atoms with Gasteiger partial charge < -0.3 is 9.84 Å². The summed E-state index contributed by atoms with van der Waals surface area (Å²) in [6.07, 6.45) is 4.77. The van der Waals surface area contributed by atoms with E-state index in [1.807, 2.05) is 0 Å². The average Bonchev–Trinajstić information content (AvgIpc) is 2.81. The number of benzene rings is 1. The highest BCUT2D eigenvalue weighted by atomic mass is 35.5. The minimum Gasteiger partial charge on any atom is -0.487 e. The first-order valence-corrected chi connectivity index (χ1v) is 11.1. The van der Waals surface area contributed by atoms with Gasteiger partial charge in [0.25, 0.3) is 5.56 Å². The topological polar surface area (TPSA) is 77.2 Å². The van der Waals surface area contributed by atoms with Gasteiger partial charge in [0.05, 0.1) is 17.6 Å². The van der Waals surface area contributed by atoms with Crippen LogP contribution in [0, 0.1) is 18.6 Å². The minimum atomic E-state index is -1.12. The molecule has 0 radical (unpaired) electrons. The lowest BCUT2D eigenvalue weighted by molar-refractivity contribution is 0.0739. The van der Waals surface area contributed by atoms with Crippen molar-refractivity contribution in [2.24, 2.45) is 0 Å². The molecule has 4 aromatic rings. The molecule has 1 N–H and O–H groups in total. The molecule has 180 valence electrons. The van der Waals surface area contributed by atoms with Crippen LogP contribution in [0.15, 0.2) is 65.8 Å². The van der Waals surface area contributed by atoms with Crippen LogP contribution in [-0.2, 0) is 12.2 Å². The van der Waals surface area contributed by atoms with E-state index in [1.54, 1.807) is 57.4 Å². The fraction of sp³-hybridized carbons (Fsp3) is 0.192. The van der Waals surface area contributed by atoms with E-state index in [9.17, 15) is 18.7 Å². The van der Waals surface area contributed by atoms with Gasteiger partial charge in [-0.05, 0) is 56.7 Å². The molecule has 0 aliphatic rings. The van der Waals surface area contributed by atoms with Gasteiger partial charge in [0.1, 0.15) is 34.6 Å². The van der Waals surface area contributed by atoms with Gasteiger partial charge in [-0.25, -0.2) is 8.78 Å². The van der Waals surface area contributed by atoms with Gasteiger partial charge in [0.2, 0.25) is 0 Å². The summed E-state index contributed by atoms with van der Waals surface area (Å²) in [6, 6.07) is 10.0. The lowest BCUT2D eigenvalue weighted by Gasteiger charge is -2.17. The highest BCUT2D eigenvalue weighted by Gasteiger charge is 2.19. The highest BCUT2D eigenvalue weighted by molar-refractivity contribution is 6.31. The first-order valence-electron chi connectivity index (χ1n) is 10.7. The van der Waals surface area contributed by atoms with Crippen molar-refractivity contribution < 1.29 is 18.6 Å². The summed E-state index contributed by atoms with van der Waals surface area (Å²) in [4.78, 5) is 21.6. The van der Waals surface area contributed by atoms with Crippen molar-refractivity contribution >= 4 is 11.6 Å². The Morgan fingerprint density at radius 3 is 2.57 bits per heavy atom. The lowest BCUT2D eigenvalue weighted by atomic mass is 10.0. The van der Waals surface area contributed by atoms with Crippen LogP contribution in [0.5, 0.6) is 5.75 Å². The van der Waals surface area contributed by atoms with Crippen LogP contribution in [0.25, 0.3) is 16.8 Å². The summed E-state index contributed by atoms with van der Waals surface area (Å²) in [5, 5.41) is 10.1. The van der Waals surface area contributed by atoms with E-state index >= 15 is 0 Å². The number of ether oxygens (including phenoxy) is 1. The molecule has 35 heavy (non-hydrogen) atoms. The Kier molecular flexibility index (Phi) is 6.69. The third-order valence-electron chi connectivity index (χ3n) is 5.40. The van der Waals surface area contributed by atoms with Crippen LogP contribution in [0.1, 0.15) is 30.8 Å². The second kappa shape index (κ2) is 9.56. The molecule has 0 fully saturated rings. The molecule has 9 heteroatoms. The summed E-state index contributed by atoms with van der Waals surface area (Å²) in [5.41, 5.74) is 1.44. The Balaban J connectivity index is 1.67. The number of nitrogens with zero attached hydrogens (tertiary/aromatic N) is 3. The third-order valence-corrected chi connectivity index (χ3v) is 5.75. The van der Waals surface area contributed by atoms with E-state index in [0.29, 0.717) is 22.6 Å². The zero-order valence-corrected chi connectivity index (χ0v) is 20.0. The maximum atomic E-state index is 13.9. The maximum Gasteiger partial charge on any atom is 0.277 e. The van der Waals surface area contributed by atoms with Gasteiger partial charge in [-0.15, -0.1) is 0 Å². The van der Waals surface area contributed by atoms with Crippen molar-refractivity contribution in [3.63, 3.8) is 0 Å². The Hall–Kier alpha value is -3.62. The lowest BCUT2D eigenvalue weighted by Crippen LogP contribution is -2.22. The van der Waals surface area contributed by atoms with E-state index in [2.05, 4.69) is 9.97 Å². The molecule has 0 bridgehead atoms. The number of aromatic nitrogens is 3. The van der Waals surface area contributed by atoms with Crippen LogP contribution >= 0.6 is 11.6 Å². The number of halogens is 3. The number of aryl methyl sites for hydroxylation is 1. The van der Waals surface area contributed by atoms with Gasteiger partial charge >= 0.3 is 0 Å². The number of rotatable bonds is 6. The Morgan fingerprint density at radius 2 is 1.86 bits per heavy atom. The largest absolute Gasteiger partial charge is 0.487 e. The van der Waals surface area contributed by atoms with Gasteiger partial charge in [0.15, 0.2) is 0 Å². The number of aliphatic hydroxyl groups is 1. The Morgan fingerprint density at radius 1 is 1.09 bits per heavy atom. The molecule has 3 aromatic heterocycles. The van der Waals surface area contributed by atoms with Gasteiger partial charge in [-0.1, -0.05) is 11.6 Å². The number of hydrogen-bond acceptors (Lipinski definition) is 5. The molecule has 0 amide bonds. The zero-order valence-electron chi connectivity index (χ0n) is 19.2. The van der Waals surface area contributed by atoms with E-state index in [1.165, 1.54) is 16.8 Å². The molecule has 0 saturated heterocycles. The second-order valence-corrected chi connectivity index (χ2v) is 8.93. The van der Waals surface area contributed by atoms with E-state index < -0.39 is 22.8 Å². The summed E-state index contributed by atoms with van der Waals surface area (Å²) in [7, 11) is 0. The fourth-order valence-electron chi connectivity index (χ4n) is 3.55. The van der Waals surface area contributed by atoms with Crippen molar-refractivity contribution in [3.8, 4) is 22.6 Å². The number of hydrogen-bond donors (Lipinski definition) is 1. The Labute approximate surface area is 205 Å². The second-order valence-electron chi connectivity index (χ2n) is 8.55. The summed E-state index contributed by atoms with van der Waals surface area (Å²) < 4.78 is 34.0. The van der Waals surface area contributed by atoms with Gasteiger partial charge in [-0.3, -0.25) is 19.3 Å². The Bertz CT molecular complexity index is 1470. The molecule has 0 spiro atoms. The highest BCUT2D eigenvalue weighted by Crippen LogP contribution is 2.28. The van der Waals surface area contributed by atoms with E-state index in [-0.39, 0.29) is 22.9 Å². The molecule has 4 rings (SSSR count). The van der Waals surface area contributed by atoms with Crippen LogP contribution in [-0.4, -0.2) is 19.6 Å². The molecule has 0 aliphatic heterocycles. The van der Waals surface area contributed by atoms with Crippen molar-refractivity contribution in [1.82, 2.24) is 14.5 Å². The average molecular weight is 498 g/mol. The fourth-order valence-corrected chi connectivity index (χ4v) is 3.75. The van der Waals surface area contributed by atoms with Gasteiger partial charge in [-0.2, -0.15) is 0 Å². The van der Waals surface area contributed by atoms with Crippen molar-refractivity contribution in [2.75, 3.05) is 0 Å². The molecule has 0 unspecified atom stereocenters. The molecule has 0 atom stereocenters. The number of pyridine rings is 3. The standard InChI is InChI=1S/C26H22ClF2N3O3/c1-15-8-22(35-14-17-4-5-19(28)11-21(17)29)24(27)25(33)32(15)20-9-18(12-30-13-20)16-6-7-31-23(10-16)26(2,3)34/h4-13,34H,14H2,1-3H3. The predicted molar refractivity (Wildman–Crippen MR) is 129 cm³/mol. The summed E-state index contributed by atoms with van der Waals surface area (Å²) in [5.74, 6) is -1.36. The van der Waals surface area contributed by atoms with Crippen LogP contribution in [0.2, 0.25) is 5.02 Å². The summed E-state index contributed by atoms with van der Waals surface area (Å²) in [6.45, 7) is 4.77. The molecular weight excluding hydrogens is 476 g/mol. The first kappa shape index (κ1) is 24.5. The zero-order chi connectivity index (χ0) is 25.3. The SMILES string of the molecule is Cc1cc(OCc2ccc(F)cc2F)c(Cl)c(=O)n1-c1cncc(-c2ccnc(C(C)(C)O)c2)c1. The quantitative estimate of drug-likeness (QED) is 0.389.